The van der Waals surface area contributed by atoms with Crippen molar-refractivity contribution in [3.8, 4) is 0 Å². The minimum absolute atomic E-state index is 0.296. The monoisotopic (exact) mass is 134 g/mol. The van der Waals surface area contributed by atoms with Gasteiger partial charge in [0.25, 0.3) is 0 Å². The van der Waals surface area contributed by atoms with Gasteiger partial charge in [0.15, 0.2) is 0 Å². The number of carboxylic acids is 1. The molecule has 0 unspecified atom stereocenters. The maximum Gasteiger partial charge on any atom is 0.315 e. The molecule has 2 heteroatoms. The van der Waals surface area contributed by atoms with Gasteiger partial charge in [-0.25, -0.2) is 0 Å². The Morgan fingerprint density at radius 3 is 2.20 bits per heavy atom. The molecule has 0 spiro atoms. The second-order valence-corrected chi connectivity index (χ2v) is 2.40. The third kappa shape index (κ3) is 0.559. The van der Waals surface area contributed by atoms with Crippen LogP contribution in [0.1, 0.15) is 17.0 Å². The first-order valence-corrected chi connectivity index (χ1v) is 3.12. The molecule has 0 heterocycles. The Hall–Kier alpha value is -1.31. The van der Waals surface area contributed by atoms with E-state index >= 15 is 0 Å². The highest BCUT2D eigenvalue weighted by molar-refractivity contribution is 5.88. The highest BCUT2D eigenvalue weighted by Crippen LogP contribution is 2.42. The molecule has 0 saturated carbocycles. The van der Waals surface area contributed by atoms with E-state index in [1.165, 1.54) is 0 Å². The standard InChI is InChI=1S/C8H6O2/c9-8(10)7-5-3-1-2-4-6(5)7/h1-4,7H,(H,9,10). The molecule has 2 rings (SSSR count). The minimum atomic E-state index is -0.735. The molecule has 0 amide bonds. The maximum absolute atomic E-state index is 10.4. The van der Waals surface area contributed by atoms with E-state index in [2.05, 4.69) is 0 Å². The van der Waals surface area contributed by atoms with E-state index in [0.29, 0.717) is 0 Å². The van der Waals surface area contributed by atoms with Crippen LogP contribution in [0, 0.1) is 0 Å². The summed E-state index contributed by atoms with van der Waals surface area (Å²) in [5, 5.41) is 8.57. The van der Waals surface area contributed by atoms with E-state index in [0.717, 1.165) is 11.1 Å². The summed E-state index contributed by atoms with van der Waals surface area (Å²) in [6.07, 6.45) is 0. The van der Waals surface area contributed by atoms with Crippen molar-refractivity contribution < 1.29 is 9.90 Å². The van der Waals surface area contributed by atoms with Crippen molar-refractivity contribution in [2.45, 2.75) is 5.92 Å². The van der Waals surface area contributed by atoms with Crippen molar-refractivity contribution >= 4 is 5.97 Å². The van der Waals surface area contributed by atoms with Crippen molar-refractivity contribution in [2.24, 2.45) is 0 Å². The summed E-state index contributed by atoms with van der Waals surface area (Å²) in [5.41, 5.74) is 1.94. The van der Waals surface area contributed by atoms with Crippen molar-refractivity contribution in [3.05, 3.63) is 35.4 Å². The second-order valence-electron chi connectivity index (χ2n) is 2.40. The first-order chi connectivity index (χ1) is 4.80. The fourth-order valence-electron chi connectivity index (χ4n) is 1.23. The van der Waals surface area contributed by atoms with E-state index in [4.69, 9.17) is 5.11 Å². The van der Waals surface area contributed by atoms with Crippen LogP contribution >= 0.6 is 0 Å². The molecule has 0 bridgehead atoms. The van der Waals surface area contributed by atoms with E-state index < -0.39 is 5.97 Å². The molecule has 1 aliphatic carbocycles. The molecule has 10 heavy (non-hydrogen) atoms. The Labute approximate surface area is 58.1 Å². The van der Waals surface area contributed by atoms with Crippen LogP contribution in [-0.2, 0) is 4.79 Å². The maximum atomic E-state index is 10.4. The van der Waals surface area contributed by atoms with Gasteiger partial charge in [0.05, 0.1) is 0 Å². The Morgan fingerprint density at radius 2 is 1.80 bits per heavy atom. The van der Waals surface area contributed by atoms with E-state index in [1.54, 1.807) is 0 Å². The topological polar surface area (TPSA) is 37.3 Å². The molecule has 1 aromatic rings. The van der Waals surface area contributed by atoms with E-state index in [1.807, 2.05) is 24.3 Å². The number of hydrogen-bond acceptors (Lipinski definition) is 1. The normalized spacial score (nSPS) is 14.4. The summed E-state index contributed by atoms with van der Waals surface area (Å²) in [5.74, 6) is -1.03. The molecule has 0 aromatic heterocycles. The quantitative estimate of drug-likeness (QED) is 0.626. The zero-order valence-corrected chi connectivity index (χ0v) is 5.24. The fourth-order valence-corrected chi connectivity index (χ4v) is 1.23. The van der Waals surface area contributed by atoms with Gasteiger partial charge in [-0.1, -0.05) is 24.3 Å². The highest BCUT2D eigenvalue weighted by atomic mass is 16.4. The minimum Gasteiger partial charge on any atom is -0.481 e. The zero-order valence-electron chi connectivity index (χ0n) is 5.24. The van der Waals surface area contributed by atoms with Crippen LogP contribution < -0.4 is 0 Å². The van der Waals surface area contributed by atoms with Crippen LogP contribution in [0.3, 0.4) is 0 Å². The summed E-state index contributed by atoms with van der Waals surface area (Å²) in [7, 11) is 0. The number of carboxylic acid groups (broad SMARTS) is 1. The number of aliphatic carboxylic acids is 1. The Morgan fingerprint density at radius 1 is 1.30 bits per heavy atom. The Bertz CT molecular complexity index is 268. The molecule has 1 N–H and O–H groups in total. The second kappa shape index (κ2) is 1.59. The van der Waals surface area contributed by atoms with Crippen molar-refractivity contribution in [1.29, 1.82) is 0 Å². The lowest BCUT2D eigenvalue weighted by Gasteiger charge is -1.80. The Kier molecular flexibility index (Phi) is 0.873. The summed E-state index contributed by atoms with van der Waals surface area (Å²) < 4.78 is 0. The summed E-state index contributed by atoms with van der Waals surface area (Å²) >= 11 is 0. The molecule has 0 saturated heterocycles. The smallest absolute Gasteiger partial charge is 0.315 e. The molecular weight excluding hydrogens is 128 g/mol. The molecule has 0 aliphatic heterocycles. The molecule has 0 atom stereocenters. The Balaban J connectivity index is 2.37. The van der Waals surface area contributed by atoms with Gasteiger partial charge >= 0.3 is 5.97 Å². The molecule has 0 radical (unpaired) electrons. The molecule has 2 nitrogen and oxygen atoms in total. The van der Waals surface area contributed by atoms with E-state index in [-0.39, 0.29) is 5.92 Å². The van der Waals surface area contributed by atoms with Gasteiger partial charge < -0.3 is 5.11 Å². The largest absolute Gasteiger partial charge is 0.481 e. The van der Waals surface area contributed by atoms with Crippen molar-refractivity contribution in [2.75, 3.05) is 0 Å². The van der Waals surface area contributed by atoms with Gasteiger partial charge in [0.2, 0.25) is 0 Å². The lowest BCUT2D eigenvalue weighted by atomic mass is 10.3. The lowest BCUT2D eigenvalue weighted by molar-refractivity contribution is -0.136. The van der Waals surface area contributed by atoms with Gasteiger partial charge in [-0.05, 0) is 11.1 Å². The van der Waals surface area contributed by atoms with Gasteiger partial charge in [-0.2, -0.15) is 0 Å². The number of rotatable bonds is 1. The van der Waals surface area contributed by atoms with E-state index in [9.17, 15) is 4.79 Å². The average Bonchev–Trinajstić information content (AvgIpc) is 2.60. The predicted octanol–water partition coefficient (Wildman–Crippen LogP) is 1.22. The average molecular weight is 134 g/mol. The van der Waals surface area contributed by atoms with Crippen LogP contribution in [0.15, 0.2) is 24.3 Å². The lowest BCUT2D eigenvalue weighted by Crippen LogP contribution is -1.94. The van der Waals surface area contributed by atoms with Crippen LogP contribution in [0.25, 0.3) is 0 Å². The van der Waals surface area contributed by atoms with Crippen molar-refractivity contribution in [3.63, 3.8) is 0 Å². The fraction of sp³-hybridized carbons (Fsp3) is 0.125. The molecular formula is C8H6O2. The van der Waals surface area contributed by atoms with Gasteiger partial charge in [-0.3, -0.25) is 4.79 Å². The van der Waals surface area contributed by atoms with Crippen LogP contribution in [0.4, 0.5) is 0 Å². The molecule has 1 aromatic carbocycles. The number of hydrogen-bond donors (Lipinski definition) is 1. The molecule has 0 fully saturated rings. The first kappa shape index (κ1) is 5.47. The SMILES string of the molecule is O=C(O)C1c2ccccc21. The zero-order chi connectivity index (χ0) is 7.14. The third-order valence-electron chi connectivity index (χ3n) is 1.78. The van der Waals surface area contributed by atoms with Gasteiger partial charge in [-0.15, -0.1) is 0 Å². The predicted molar refractivity (Wildman–Crippen MR) is 35.9 cm³/mol. The molecule has 1 aliphatic rings. The number of fused-ring (bicyclic) bond motifs is 1. The molecule has 50 valence electrons. The number of benzene rings is 1. The number of carbonyl (C=O) groups is 1. The summed E-state index contributed by atoms with van der Waals surface area (Å²) in [6, 6.07) is 7.44. The summed E-state index contributed by atoms with van der Waals surface area (Å²) in [4.78, 5) is 10.4. The van der Waals surface area contributed by atoms with Gasteiger partial charge in [0.1, 0.15) is 5.92 Å². The van der Waals surface area contributed by atoms with Crippen molar-refractivity contribution in [1.82, 2.24) is 0 Å². The first-order valence-electron chi connectivity index (χ1n) is 3.12. The van der Waals surface area contributed by atoms with Crippen LogP contribution in [0.5, 0.6) is 0 Å². The van der Waals surface area contributed by atoms with Gasteiger partial charge in [0, 0.05) is 0 Å². The third-order valence-corrected chi connectivity index (χ3v) is 1.78. The van der Waals surface area contributed by atoms with Crippen LogP contribution in [-0.4, -0.2) is 11.1 Å². The highest BCUT2D eigenvalue weighted by Gasteiger charge is 2.37. The summed E-state index contributed by atoms with van der Waals surface area (Å²) in [6.45, 7) is 0. The van der Waals surface area contributed by atoms with Crippen LogP contribution in [0.2, 0.25) is 0 Å².